The van der Waals surface area contributed by atoms with Crippen LogP contribution in [0.15, 0.2) is 35.9 Å². The van der Waals surface area contributed by atoms with Gasteiger partial charge in [-0.05, 0) is 68.5 Å². The van der Waals surface area contributed by atoms with Crippen molar-refractivity contribution in [2.75, 3.05) is 25.4 Å². The number of piperidine rings is 1. The first-order valence-electron chi connectivity index (χ1n) is 11.1. The molecule has 2 aliphatic carbocycles. The molecule has 0 unspecified atom stereocenters. The number of halogens is 2. The SMILES string of the molecule is CC/C(=C\c1ccccc1)[C@H]1C[C@@H]1NC1CC2(CCN(CCS(N)(=O)=O)CC2)C1.Cl.Cl. The molecule has 8 heteroatoms. The van der Waals surface area contributed by atoms with Crippen molar-refractivity contribution in [3.8, 4) is 0 Å². The predicted octanol–water partition coefficient (Wildman–Crippen LogP) is 3.83. The Bertz CT molecular complexity index is 832. The second-order valence-electron chi connectivity index (χ2n) is 9.41. The summed E-state index contributed by atoms with van der Waals surface area (Å²) in [7, 11) is -3.35. The lowest BCUT2D eigenvalue weighted by Crippen LogP contribution is -2.54. The quantitative estimate of drug-likeness (QED) is 0.581. The Morgan fingerprint density at radius 1 is 1.19 bits per heavy atom. The van der Waals surface area contributed by atoms with Crippen molar-refractivity contribution in [2.45, 2.75) is 57.5 Å². The molecule has 5 nitrogen and oxygen atoms in total. The lowest BCUT2D eigenvalue weighted by Gasteiger charge is -2.52. The van der Waals surface area contributed by atoms with Crippen LogP contribution in [0.2, 0.25) is 0 Å². The molecule has 2 atom stereocenters. The molecule has 31 heavy (non-hydrogen) atoms. The Kier molecular flexibility index (Phi) is 9.44. The van der Waals surface area contributed by atoms with Gasteiger partial charge in [0.25, 0.3) is 0 Å². The van der Waals surface area contributed by atoms with E-state index in [0.29, 0.717) is 30.0 Å². The van der Waals surface area contributed by atoms with Crippen LogP contribution in [0, 0.1) is 11.3 Å². The molecule has 176 valence electrons. The molecule has 3 N–H and O–H groups in total. The third-order valence-corrected chi connectivity index (χ3v) is 8.00. The van der Waals surface area contributed by atoms with E-state index in [2.05, 4.69) is 53.5 Å². The third kappa shape index (κ3) is 7.18. The van der Waals surface area contributed by atoms with Gasteiger partial charge in [-0.25, -0.2) is 13.6 Å². The number of benzene rings is 1. The van der Waals surface area contributed by atoms with E-state index in [1.165, 1.54) is 37.7 Å². The minimum absolute atomic E-state index is 0. The van der Waals surface area contributed by atoms with Crippen LogP contribution >= 0.6 is 24.8 Å². The molecule has 1 heterocycles. The maximum Gasteiger partial charge on any atom is 0.210 e. The van der Waals surface area contributed by atoms with E-state index in [-0.39, 0.29) is 30.6 Å². The number of nitrogens with zero attached hydrogens (tertiary/aromatic N) is 1. The largest absolute Gasteiger partial charge is 0.311 e. The average Bonchev–Trinajstić information content (AvgIpc) is 3.43. The van der Waals surface area contributed by atoms with Crippen LogP contribution in [-0.2, 0) is 10.0 Å². The molecule has 0 aromatic heterocycles. The van der Waals surface area contributed by atoms with E-state index in [0.717, 1.165) is 19.5 Å². The fourth-order valence-corrected chi connectivity index (χ4v) is 5.86. The van der Waals surface area contributed by atoms with Crippen molar-refractivity contribution in [2.24, 2.45) is 16.5 Å². The van der Waals surface area contributed by atoms with Crippen LogP contribution in [0.25, 0.3) is 6.08 Å². The van der Waals surface area contributed by atoms with Gasteiger partial charge >= 0.3 is 0 Å². The van der Waals surface area contributed by atoms with Crippen molar-refractivity contribution in [3.63, 3.8) is 0 Å². The van der Waals surface area contributed by atoms with Crippen LogP contribution < -0.4 is 10.5 Å². The van der Waals surface area contributed by atoms with Gasteiger partial charge in [-0.3, -0.25) is 0 Å². The smallest absolute Gasteiger partial charge is 0.210 e. The van der Waals surface area contributed by atoms with E-state index < -0.39 is 10.0 Å². The van der Waals surface area contributed by atoms with Gasteiger partial charge in [-0.15, -0.1) is 24.8 Å². The molecule has 1 saturated heterocycles. The summed E-state index contributed by atoms with van der Waals surface area (Å²) < 4.78 is 22.3. The van der Waals surface area contributed by atoms with Gasteiger partial charge in [-0.1, -0.05) is 48.9 Å². The molecule has 1 aromatic carbocycles. The summed E-state index contributed by atoms with van der Waals surface area (Å²) in [4.78, 5) is 2.26. The molecule has 0 amide bonds. The first kappa shape index (κ1) is 26.6. The van der Waals surface area contributed by atoms with E-state index in [1.54, 1.807) is 5.57 Å². The molecule has 3 fully saturated rings. The second kappa shape index (κ2) is 11.0. The molecule has 0 bridgehead atoms. The van der Waals surface area contributed by atoms with Crippen molar-refractivity contribution < 1.29 is 8.42 Å². The zero-order valence-electron chi connectivity index (χ0n) is 18.3. The predicted molar refractivity (Wildman–Crippen MR) is 133 cm³/mol. The van der Waals surface area contributed by atoms with Gasteiger partial charge in [0.2, 0.25) is 10.0 Å². The Hall–Kier alpha value is -0.630. The molecule has 3 aliphatic rings. The molecule has 1 aromatic rings. The number of hydrogen-bond acceptors (Lipinski definition) is 4. The fourth-order valence-electron chi connectivity index (χ4n) is 5.35. The zero-order chi connectivity index (χ0) is 20.5. The Morgan fingerprint density at radius 3 is 2.42 bits per heavy atom. The maximum absolute atomic E-state index is 11.2. The second-order valence-corrected chi connectivity index (χ2v) is 11.1. The highest BCUT2D eigenvalue weighted by Gasteiger charge is 2.49. The minimum Gasteiger partial charge on any atom is -0.311 e. The molecule has 0 radical (unpaired) electrons. The van der Waals surface area contributed by atoms with Crippen molar-refractivity contribution in [3.05, 3.63) is 41.5 Å². The summed E-state index contributed by atoms with van der Waals surface area (Å²) in [5, 5.41) is 9.05. The maximum atomic E-state index is 11.2. The first-order chi connectivity index (χ1) is 13.9. The number of rotatable bonds is 8. The monoisotopic (exact) mass is 489 g/mol. The Labute approximate surface area is 200 Å². The summed E-state index contributed by atoms with van der Waals surface area (Å²) in [5.41, 5.74) is 3.38. The van der Waals surface area contributed by atoms with Crippen LogP contribution in [0.1, 0.15) is 51.0 Å². The highest BCUT2D eigenvalue weighted by atomic mass is 35.5. The molecular weight excluding hydrogens is 453 g/mol. The highest BCUT2D eigenvalue weighted by molar-refractivity contribution is 7.89. The number of nitrogens with one attached hydrogen (secondary N) is 1. The van der Waals surface area contributed by atoms with Crippen molar-refractivity contribution in [1.29, 1.82) is 0 Å². The summed E-state index contributed by atoms with van der Waals surface area (Å²) in [5.74, 6) is 0.778. The van der Waals surface area contributed by atoms with E-state index in [4.69, 9.17) is 5.14 Å². The zero-order valence-corrected chi connectivity index (χ0v) is 20.8. The molecule has 2 saturated carbocycles. The number of hydrogen-bond donors (Lipinski definition) is 2. The summed E-state index contributed by atoms with van der Waals surface area (Å²) in [6, 6.07) is 12.0. The number of primary sulfonamides is 1. The first-order valence-corrected chi connectivity index (χ1v) is 12.8. The van der Waals surface area contributed by atoms with Crippen LogP contribution in [0.3, 0.4) is 0 Å². The fraction of sp³-hybridized carbons (Fsp3) is 0.652. The molecular formula is C23H37Cl2N3O2S. The van der Waals surface area contributed by atoms with Gasteiger partial charge in [0.1, 0.15) is 0 Å². The van der Waals surface area contributed by atoms with Gasteiger partial charge < -0.3 is 10.2 Å². The lowest BCUT2D eigenvalue weighted by molar-refractivity contribution is 0.00705. The Morgan fingerprint density at radius 2 is 1.84 bits per heavy atom. The van der Waals surface area contributed by atoms with E-state index in [9.17, 15) is 8.42 Å². The van der Waals surface area contributed by atoms with Crippen LogP contribution in [0.5, 0.6) is 0 Å². The van der Waals surface area contributed by atoms with Crippen LogP contribution in [-0.4, -0.2) is 50.8 Å². The van der Waals surface area contributed by atoms with Gasteiger partial charge in [0.05, 0.1) is 5.75 Å². The topological polar surface area (TPSA) is 75.4 Å². The highest BCUT2D eigenvalue weighted by Crippen LogP contribution is 2.50. The third-order valence-electron chi connectivity index (χ3n) is 7.24. The minimum atomic E-state index is -3.35. The van der Waals surface area contributed by atoms with Gasteiger partial charge in [0, 0.05) is 18.6 Å². The average molecular weight is 491 g/mol. The normalized spacial score (nSPS) is 25.9. The van der Waals surface area contributed by atoms with E-state index >= 15 is 0 Å². The number of likely N-dealkylation sites (tertiary alicyclic amines) is 1. The van der Waals surface area contributed by atoms with Crippen LogP contribution in [0.4, 0.5) is 0 Å². The molecule has 1 aliphatic heterocycles. The Balaban J connectivity index is 0.00000171. The molecule has 4 rings (SSSR count). The standard InChI is InChI=1S/C23H35N3O2S.2ClH/c1-2-19(14-18-6-4-3-5-7-18)21-15-22(21)25-20-16-23(17-20)8-10-26(11-9-23)12-13-29(24,27)28;;/h3-7,14,20-22,25H,2,8-13,15-17H2,1H3,(H2,24,27,28);2*1H/b19-14+;;/t21-,22+;;/m1../s1. The lowest BCUT2D eigenvalue weighted by atomic mass is 9.60. The summed E-state index contributed by atoms with van der Waals surface area (Å²) >= 11 is 0. The number of nitrogens with two attached hydrogens (primary N) is 1. The molecule has 1 spiro atoms. The summed E-state index contributed by atoms with van der Waals surface area (Å²) in [6.07, 6.45) is 9.73. The van der Waals surface area contributed by atoms with Crippen molar-refractivity contribution in [1.82, 2.24) is 10.2 Å². The van der Waals surface area contributed by atoms with Gasteiger partial charge in [-0.2, -0.15) is 0 Å². The van der Waals surface area contributed by atoms with Crippen molar-refractivity contribution >= 4 is 40.9 Å². The van der Waals surface area contributed by atoms with E-state index in [1.807, 2.05) is 0 Å². The summed E-state index contributed by atoms with van der Waals surface area (Å²) in [6.45, 7) is 4.86. The van der Waals surface area contributed by atoms with Gasteiger partial charge in [0.15, 0.2) is 0 Å². The number of sulfonamides is 1.